The number of aryl methyl sites for hydroxylation is 1. The number of rotatable bonds is 2. The number of morpholine rings is 1. The number of likely N-dealkylation sites (tertiary alicyclic amines) is 2. The SMILES string of the molecule is CC(=O)N1CC(O)CC2(CCN(C(=O)c3ccc(N4CCOCC4)c(C)c3)CC2)C1. The first-order chi connectivity index (χ1) is 14.4. The Balaban J connectivity index is 1.40. The van der Waals surface area contributed by atoms with Gasteiger partial charge in [0.1, 0.15) is 0 Å². The smallest absolute Gasteiger partial charge is 0.253 e. The molecular weight excluding hydrogens is 382 g/mol. The number of aliphatic hydroxyl groups excluding tert-OH is 1. The van der Waals surface area contributed by atoms with Crippen LogP contribution >= 0.6 is 0 Å². The monoisotopic (exact) mass is 415 g/mol. The van der Waals surface area contributed by atoms with E-state index < -0.39 is 6.10 Å². The average molecular weight is 416 g/mol. The molecule has 3 aliphatic rings. The molecule has 7 nitrogen and oxygen atoms in total. The molecule has 1 aromatic rings. The Bertz CT molecular complexity index is 798. The van der Waals surface area contributed by atoms with Crippen molar-refractivity contribution in [3.63, 3.8) is 0 Å². The number of piperidine rings is 2. The molecule has 1 N–H and O–H groups in total. The van der Waals surface area contributed by atoms with Crippen molar-refractivity contribution in [3.8, 4) is 0 Å². The van der Waals surface area contributed by atoms with Crippen molar-refractivity contribution in [1.82, 2.24) is 9.80 Å². The third kappa shape index (κ3) is 4.32. The summed E-state index contributed by atoms with van der Waals surface area (Å²) in [5.41, 5.74) is 2.95. The van der Waals surface area contributed by atoms with Crippen LogP contribution in [0.25, 0.3) is 0 Å². The van der Waals surface area contributed by atoms with Crippen molar-refractivity contribution in [2.75, 3.05) is 57.4 Å². The number of benzene rings is 1. The summed E-state index contributed by atoms with van der Waals surface area (Å²) in [4.78, 5) is 31.0. The van der Waals surface area contributed by atoms with Crippen LogP contribution in [0.4, 0.5) is 5.69 Å². The van der Waals surface area contributed by atoms with Gasteiger partial charge >= 0.3 is 0 Å². The molecule has 3 fully saturated rings. The number of carbonyl (C=O) groups is 2. The van der Waals surface area contributed by atoms with Crippen molar-refractivity contribution in [2.24, 2.45) is 5.41 Å². The molecular formula is C23H33N3O4. The first-order valence-corrected chi connectivity index (χ1v) is 11.0. The van der Waals surface area contributed by atoms with Crippen molar-refractivity contribution in [3.05, 3.63) is 29.3 Å². The van der Waals surface area contributed by atoms with Crippen molar-refractivity contribution < 1.29 is 19.4 Å². The zero-order valence-electron chi connectivity index (χ0n) is 18.1. The van der Waals surface area contributed by atoms with E-state index in [1.165, 1.54) is 5.69 Å². The highest BCUT2D eigenvalue weighted by molar-refractivity contribution is 5.95. The summed E-state index contributed by atoms with van der Waals surface area (Å²) in [5.74, 6) is 0.0868. The van der Waals surface area contributed by atoms with Gasteiger partial charge in [-0.05, 0) is 55.4 Å². The van der Waals surface area contributed by atoms with E-state index >= 15 is 0 Å². The maximum Gasteiger partial charge on any atom is 0.253 e. The van der Waals surface area contributed by atoms with Crippen LogP contribution < -0.4 is 4.90 Å². The van der Waals surface area contributed by atoms with Crippen LogP contribution in [-0.2, 0) is 9.53 Å². The summed E-state index contributed by atoms with van der Waals surface area (Å²) >= 11 is 0. The second-order valence-corrected chi connectivity index (χ2v) is 9.15. The standard InChI is InChI=1S/C23H33N3O4/c1-17-13-19(3-4-21(17)24-9-11-30-12-10-24)22(29)25-7-5-23(6-8-25)14-20(28)15-26(16-23)18(2)27/h3-4,13,20,28H,5-12,14-16H2,1-2H3. The highest BCUT2D eigenvalue weighted by atomic mass is 16.5. The number of ether oxygens (including phenoxy) is 1. The van der Waals surface area contributed by atoms with E-state index in [0.29, 0.717) is 32.6 Å². The number of carbonyl (C=O) groups excluding carboxylic acids is 2. The summed E-state index contributed by atoms with van der Waals surface area (Å²) < 4.78 is 5.44. The molecule has 164 valence electrons. The van der Waals surface area contributed by atoms with E-state index in [-0.39, 0.29) is 17.2 Å². The zero-order valence-corrected chi connectivity index (χ0v) is 18.1. The molecule has 0 aliphatic carbocycles. The molecule has 7 heteroatoms. The lowest BCUT2D eigenvalue weighted by atomic mass is 9.71. The lowest BCUT2D eigenvalue weighted by molar-refractivity contribution is -0.137. The molecule has 3 heterocycles. The van der Waals surface area contributed by atoms with Crippen LogP contribution in [0.1, 0.15) is 42.1 Å². The van der Waals surface area contributed by atoms with Crippen LogP contribution in [0.5, 0.6) is 0 Å². The predicted molar refractivity (Wildman–Crippen MR) is 115 cm³/mol. The molecule has 30 heavy (non-hydrogen) atoms. The lowest BCUT2D eigenvalue weighted by Crippen LogP contribution is -2.55. The van der Waals surface area contributed by atoms with Crippen molar-refractivity contribution >= 4 is 17.5 Å². The van der Waals surface area contributed by atoms with E-state index in [9.17, 15) is 14.7 Å². The van der Waals surface area contributed by atoms with Gasteiger partial charge in [-0.2, -0.15) is 0 Å². The van der Waals surface area contributed by atoms with Crippen molar-refractivity contribution in [2.45, 2.75) is 39.2 Å². The molecule has 0 aromatic heterocycles. The Morgan fingerprint density at radius 2 is 1.80 bits per heavy atom. The number of amides is 2. The molecule has 1 spiro atoms. The molecule has 0 bridgehead atoms. The number of nitrogens with zero attached hydrogens (tertiary/aromatic N) is 3. The van der Waals surface area contributed by atoms with Gasteiger partial charge in [-0.3, -0.25) is 9.59 Å². The fourth-order valence-corrected chi connectivity index (χ4v) is 5.27. The highest BCUT2D eigenvalue weighted by Crippen LogP contribution is 2.40. The molecule has 4 rings (SSSR count). The fraction of sp³-hybridized carbons (Fsp3) is 0.652. The van der Waals surface area contributed by atoms with Crippen LogP contribution in [0.15, 0.2) is 18.2 Å². The molecule has 3 saturated heterocycles. The van der Waals surface area contributed by atoms with Crippen LogP contribution in [0, 0.1) is 12.3 Å². The first kappa shape index (κ1) is 21.1. The third-order valence-corrected chi connectivity index (χ3v) is 6.98. The van der Waals surface area contributed by atoms with Crippen molar-refractivity contribution in [1.29, 1.82) is 0 Å². The lowest BCUT2D eigenvalue weighted by Gasteiger charge is -2.49. The van der Waals surface area contributed by atoms with E-state index in [2.05, 4.69) is 17.9 Å². The van der Waals surface area contributed by atoms with E-state index in [0.717, 1.165) is 50.3 Å². The number of anilines is 1. The van der Waals surface area contributed by atoms with Gasteiger partial charge in [-0.15, -0.1) is 0 Å². The zero-order chi connectivity index (χ0) is 21.3. The molecule has 0 saturated carbocycles. The summed E-state index contributed by atoms with van der Waals surface area (Å²) in [6.07, 6.45) is 1.89. The largest absolute Gasteiger partial charge is 0.391 e. The van der Waals surface area contributed by atoms with Gasteiger partial charge in [0.15, 0.2) is 0 Å². The second-order valence-electron chi connectivity index (χ2n) is 9.15. The number of hydrogen-bond acceptors (Lipinski definition) is 5. The first-order valence-electron chi connectivity index (χ1n) is 11.0. The average Bonchev–Trinajstić information content (AvgIpc) is 2.74. The number of hydrogen-bond donors (Lipinski definition) is 1. The summed E-state index contributed by atoms with van der Waals surface area (Å²) in [6, 6.07) is 5.99. The maximum atomic E-state index is 13.1. The third-order valence-electron chi connectivity index (χ3n) is 6.98. The Kier molecular flexibility index (Phi) is 6.02. The summed E-state index contributed by atoms with van der Waals surface area (Å²) in [5, 5.41) is 10.3. The topological polar surface area (TPSA) is 73.3 Å². The summed E-state index contributed by atoms with van der Waals surface area (Å²) in [7, 11) is 0. The minimum absolute atomic E-state index is 0.0162. The molecule has 3 aliphatic heterocycles. The van der Waals surface area contributed by atoms with E-state index in [4.69, 9.17) is 4.74 Å². The molecule has 1 aromatic carbocycles. The van der Waals surface area contributed by atoms with Gasteiger partial charge < -0.3 is 24.5 Å². The molecule has 1 atom stereocenters. The van der Waals surface area contributed by atoms with Crippen LogP contribution in [0.3, 0.4) is 0 Å². The highest BCUT2D eigenvalue weighted by Gasteiger charge is 2.43. The Morgan fingerprint density at radius 1 is 1.10 bits per heavy atom. The molecule has 1 unspecified atom stereocenters. The quantitative estimate of drug-likeness (QED) is 0.796. The minimum atomic E-state index is -0.472. The Hall–Kier alpha value is -2.12. The van der Waals surface area contributed by atoms with E-state index in [1.807, 2.05) is 17.0 Å². The van der Waals surface area contributed by atoms with Gasteiger partial charge in [0.05, 0.1) is 19.3 Å². The molecule has 2 amide bonds. The number of aliphatic hydroxyl groups is 1. The van der Waals surface area contributed by atoms with E-state index in [1.54, 1.807) is 11.8 Å². The fourth-order valence-electron chi connectivity index (χ4n) is 5.27. The van der Waals surface area contributed by atoms with Crippen LogP contribution in [0.2, 0.25) is 0 Å². The van der Waals surface area contributed by atoms with Gasteiger partial charge in [-0.1, -0.05) is 0 Å². The maximum absolute atomic E-state index is 13.1. The van der Waals surface area contributed by atoms with Gasteiger partial charge in [0.2, 0.25) is 5.91 Å². The van der Waals surface area contributed by atoms with Gasteiger partial charge in [0, 0.05) is 57.4 Å². The Labute approximate surface area is 178 Å². The predicted octanol–water partition coefficient (Wildman–Crippen LogP) is 1.67. The van der Waals surface area contributed by atoms with Crippen LogP contribution in [-0.4, -0.2) is 85.3 Å². The van der Waals surface area contributed by atoms with Gasteiger partial charge in [0.25, 0.3) is 5.91 Å². The molecule has 0 radical (unpaired) electrons. The van der Waals surface area contributed by atoms with Gasteiger partial charge in [-0.25, -0.2) is 0 Å². The Morgan fingerprint density at radius 3 is 2.43 bits per heavy atom. The normalized spacial score (nSPS) is 24.2. The summed E-state index contributed by atoms with van der Waals surface area (Å²) in [6.45, 7) is 9.32. The number of β-amino-alcohol motifs (C(OH)–C–C–N with tert-alkyl or cyclic N) is 1. The second kappa shape index (κ2) is 8.55. The minimum Gasteiger partial charge on any atom is -0.391 e.